The molecule has 1 N–H and O–H groups in total. The van der Waals surface area contributed by atoms with Crippen LogP contribution in [-0.4, -0.2) is 50.6 Å². The molecule has 1 aliphatic rings. The molecule has 1 amide bonds. The number of ketones is 1. The number of hydrogen-bond acceptors (Lipinski definition) is 7. The van der Waals surface area contributed by atoms with E-state index < -0.39 is 17.7 Å². The van der Waals surface area contributed by atoms with Gasteiger partial charge in [0, 0.05) is 12.6 Å². The number of para-hydroxylation sites is 2. The maximum atomic E-state index is 12.9. The Hall–Kier alpha value is -3.75. The molecule has 0 radical (unpaired) electrons. The van der Waals surface area contributed by atoms with Crippen LogP contribution in [0.1, 0.15) is 27.6 Å². The number of carbonyl (C=O) groups is 3. The average molecular weight is 543 g/mol. The fourth-order valence-electron chi connectivity index (χ4n) is 3.80. The molecule has 0 aliphatic carbocycles. The van der Waals surface area contributed by atoms with Gasteiger partial charge < -0.3 is 24.4 Å². The first-order valence-electron chi connectivity index (χ1n) is 11.5. The summed E-state index contributed by atoms with van der Waals surface area (Å²) < 4.78 is 16.6. The Balaban J connectivity index is 1.40. The largest absolute Gasteiger partial charge is 0.490 e. The quantitative estimate of drug-likeness (QED) is 0.235. The number of halogens is 2. The van der Waals surface area contributed by atoms with Gasteiger partial charge in [-0.25, -0.2) is 4.79 Å². The molecule has 8 nitrogen and oxygen atoms in total. The summed E-state index contributed by atoms with van der Waals surface area (Å²) in [6.07, 6.45) is -0.187. The van der Waals surface area contributed by atoms with Crippen molar-refractivity contribution >= 4 is 52.2 Å². The van der Waals surface area contributed by atoms with E-state index in [9.17, 15) is 14.4 Å². The number of ether oxygens (including phenoxy) is 3. The van der Waals surface area contributed by atoms with E-state index in [1.165, 1.54) is 24.3 Å². The van der Waals surface area contributed by atoms with Gasteiger partial charge in [0.2, 0.25) is 0 Å². The predicted octanol–water partition coefficient (Wildman–Crippen LogP) is 5.27. The summed E-state index contributed by atoms with van der Waals surface area (Å²) in [4.78, 5) is 39.0. The number of nitrogens with one attached hydrogen (secondary N) is 1. The molecule has 0 saturated heterocycles. The van der Waals surface area contributed by atoms with Crippen LogP contribution in [0.2, 0.25) is 10.0 Å². The van der Waals surface area contributed by atoms with Crippen molar-refractivity contribution in [1.82, 2.24) is 0 Å². The lowest BCUT2D eigenvalue weighted by molar-refractivity contribution is -0.137. The molecule has 1 heterocycles. The maximum absolute atomic E-state index is 12.9. The Morgan fingerprint density at radius 3 is 2.59 bits per heavy atom. The van der Waals surface area contributed by atoms with Crippen LogP contribution in [0.3, 0.4) is 0 Å². The summed E-state index contributed by atoms with van der Waals surface area (Å²) in [5.74, 6) is -1.11. The SMILES string of the molecule is CCOC(=O)C(=O)c1ccc(Cl)c(NC(=O)c2ccc(OC[C@@H]3CN(C)c4ccccc4O3)cc2Cl)c1. The lowest BCUT2D eigenvalue weighted by Gasteiger charge is -2.33. The molecule has 192 valence electrons. The lowest BCUT2D eigenvalue weighted by atomic mass is 10.1. The molecule has 0 aromatic heterocycles. The number of rotatable bonds is 8. The minimum atomic E-state index is -0.991. The second kappa shape index (κ2) is 11.5. The van der Waals surface area contributed by atoms with Crippen molar-refractivity contribution < 1.29 is 28.6 Å². The number of carbonyl (C=O) groups excluding carboxylic acids is 3. The average Bonchev–Trinajstić information content (AvgIpc) is 2.88. The molecule has 3 aromatic carbocycles. The van der Waals surface area contributed by atoms with Gasteiger partial charge in [-0.05, 0) is 55.5 Å². The number of benzene rings is 3. The molecule has 0 bridgehead atoms. The van der Waals surface area contributed by atoms with Crippen LogP contribution in [-0.2, 0) is 9.53 Å². The Morgan fingerprint density at radius 2 is 1.84 bits per heavy atom. The number of esters is 1. The van der Waals surface area contributed by atoms with Crippen molar-refractivity contribution in [2.24, 2.45) is 0 Å². The van der Waals surface area contributed by atoms with Gasteiger partial charge in [0.25, 0.3) is 11.7 Å². The normalized spacial score (nSPS) is 14.3. The van der Waals surface area contributed by atoms with E-state index in [0.717, 1.165) is 11.4 Å². The summed E-state index contributed by atoms with van der Waals surface area (Å²) in [5.41, 5.74) is 1.38. The van der Waals surface area contributed by atoms with E-state index in [1.54, 1.807) is 19.1 Å². The fraction of sp³-hybridized carbons (Fsp3) is 0.222. The third-order valence-electron chi connectivity index (χ3n) is 5.61. The van der Waals surface area contributed by atoms with Gasteiger partial charge in [-0.2, -0.15) is 0 Å². The first-order chi connectivity index (χ1) is 17.8. The van der Waals surface area contributed by atoms with Gasteiger partial charge in [0.1, 0.15) is 24.2 Å². The molecule has 0 fully saturated rings. The smallest absolute Gasteiger partial charge is 0.379 e. The van der Waals surface area contributed by atoms with Crippen molar-refractivity contribution in [3.05, 3.63) is 81.8 Å². The van der Waals surface area contributed by atoms with E-state index in [-0.39, 0.29) is 46.2 Å². The number of anilines is 2. The van der Waals surface area contributed by atoms with Crippen LogP contribution in [0.15, 0.2) is 60.7 Å². The monoisotopic (exact) mass is 542 g/mol. The first-order valence-corrected chi connectivity index (χ1v) is 12.2. The van der Waals surface area contributed by atoms with Crippen LogP contribution in [0.4, 0.5) is 11.4 Å². The number of fused-ring (bicyclic) bond motifs is 1. The fourth-order valence-corrected chi connectivity index (χ4v) is 4.23. The lowest BCUT2D eigenvalue weighted by Crippen LogP contribution is -2.41. The third-order valence-corrected chi connectivity index (χ3v) is 6.25. The van der Waals surface area contributed by atoms with E-state index in [2.05, 4.69) is 10.2 Å². The summed E-state index contributed by atoms with van der Waals surface area (Å²) in [6.45, 7) is 2.61. The third kappa shape index (κ3) is 6.15. The first kappa shape index (κ1) is 26.3. The summed E-state index contributed by atoms with van der Waals surface area (Å²) in [5, 5.41) is 2.97. The zero-order valence-corrected chi connectivity index (χ0v) is 21.6. The number of likely N-dealkylation sites (N-methyl/N-ethyl adjacent to an activating group) is 1. The highest BCUT2D eigenvalue weighted by molar-refractivity contribution is 6.41. The van der Waals surface area contributed by atoms with Crippen LogP contribution >= 0.6 is 23.2 Å². The second-order valence-electron chi connectivity index (χ2n) is 8.24. The van der Waals surface area contributed by atoms with E-state index in [4.69, 9.17) is 37.4 Å². The highest BCUT2D eigenvalue weighted by Crippen LogP contribution is 2.32. The van der Waals surface area contributed by atoms with Crippen molar-refractivity contribution in [2.75, 3.05) is 37.0 Å². The Kier molecular flexibility index (Phi) is 8.21. The van der Waals surface area contributed by atoms with Gasteiger partial charge in [-0.15, -0.1) is 0 Å². The molecular weight excluding hydrogens is 519 g/mol. The zero-order valence-electron chi connectivity index (χ0n) is 20.1. The second-order valence-corrected chi connectivity index (χ2v) is 9.05. The van der Waals surface area contributed by atoms with Gasteiger partial charge >= 0.3 is 5.97 Å². The van der Waals surface area contributed by atoms with Crippen molar-refractivity contribution in [2.45, 2.75) is 13.0 Å². The van der Waals surface area contributed by atoms with E-state index >= 15 is 0 Å². The molecule has 37 heavy (non-hydrogen) atoms. The van der Waals surface area contributed by atoms with Crippen LogP contribution in [0, 0.1) is 0 Å². The molecule has 4 rings (SSSR count). The summed E-state index contributed by atoms with van der Waals surface area (Å²) in [7, 11) is 1.99. The Morgan fingerprint density at radius 1 is 1.05 bits per heavy atom. The van der Waals surface area contributed by atoms with Gasteiger partial charge in [-0.1, -0.05) is 35.3 Å². The standard InChI is InChI=1S/C27H24Cl2N2O6/c1-3-35-27(34)25(32)16-8-11-20(28)22(12-16)30-26(33)19-10-9-17(13-21(19)29)36-15-18-14-31(2)23-6-4-5-7-24(23)37-18/h4-13,18H,3,14-15H2,1-2H3,(H,30,33)/t18-/m0/s1. The molecule has 0 unspecified atom stereocenters. The van der Waals surface area contributed by atoms with E-state index in [1.807, 2.05) is 31.3 Å². The minimum absolute atomic E-state index is 0.0335. The molecule has 3 aromatic rings. The number of hydrogen-bond donors (Lipinski definition) is 1. The highest BCUT2D eigenvalue weighted by atomic mass is 35.5. The maximum Gasteiger partial charge on any atom is 0.379 e. The molecule has 1 aliphatic heterocycles. The van der Waals surface area contributed by atoms with Gasteiger partial charge in [0.15, 0.2) is 0 Å². The Labute approximate surface area is 224 Å². The minimum Gasteiger partial charge on any atom is -0.490 e. The summed E-state index contributed by atoms with van der Waals surface area (Å²) >= 11 is 12.6. The van der Waals surface area contributed by atoms with E-state index in [0.29, 0.717) is 12.3 Å². The number of Topliss-reactive ketones (excluding diaryl/α,β-unsaturated/α-hetero) is 1. The molecule has 0 spiro atoms. The van der Waals surface area contributed by atoms with Gasteiger partial charge in [-0.3, -0.25) is 9.59 Å². The predicted molar refractivity (Wildman–Crippen MR) is 141 cm³/mol. The van der Waals surface area contributed by atoms with Crippen molar-refractivity contribution in [3.63, 3.8) is 0 Å². The summed E-state index contributed by atoms with van der Waals surface area (Å²) in [6, 6.07) is 16.6. The Bertz CT molecular complexity index is 1350. The number of amides is 1. The van der Waals surface area contributed by atoms with Crippen LogP contribution in [0.5, 0.6) is 11.5 Å². The molecule has 0 saturated carbocycles. The molecule has 1 atom stereocenters. The van der Waals surface area contributed by atoms with Crippen molar-refractivity contribution in [3.8, 4) is 11.5 Å². The van der Waals surface area contributed by atoms with Gasteiger partial charge in [0.05, 0.1) is 40.1 Å². The van der Waals surface area contributed by atoms with Crippen LogP contribution < -0.4 is 19.7 Å². The van der Waals surface area contributed by atoms with Crippen molar-refractivity contribution in [1.29, 1.82) is 0 Å². The topological polar surface area (TPSA) is 94.2 Å². The molecular formula is C27H24Cl2N2O6. The van der Waals surface area contributed by atoms with Crippen LogP contribution in [0.25, 0.3) is 0 Å². The zero-order chi connectivity index (χ0) is 26.5. The number of nitrogens with zero attached hydrogens (tertiary/aromatic N) is 1. The molecule has 10 heteroatoms. The highest BCUT2D eigenvalue weighted by Gasteiger charge is 2.24.